The van der Waals surface area contributed by atoms with Gasteiger partial charge in [0.25, 0.3) is 11.8 Å². The summed E-state index contributed by atoms with van der Waals surface area (Å²) in [6.07, 6.45) is 4.39. The highest BCUT2D eigenvalue weighted by atomic mass is 32.2. The number of nitrogens with zero attached hydrogens (tertiary/aromatic N) is 3. The number of anilines is 1. The summed E-state index contributed by atoms with van der Waals surface area (Å²) in [6, 6.07) is -0.886. The largest absolute Gasteiger partial charge is 0.428 e. The molecule has 0 aromatic carbocycles. The minimum Gasteiger partial charge on any atom is -0.428 e. The molecule has 2 amide bonds. The van der Waals surface area contributed by atoms with Crippen LogP contribution in [0.4, 0.5) is 5.13 Å². The van der Waals surface area contributed by atoms with Gasteiger partial charge >= 0.3 is 11.9 Å². The molecule has 1 fully saturated rings. The number of nitrogen functional groups attached to an aromatic ring is 1. The molecule has 1 saturated heterocycles. The van der Waals surface area contributed by atoms with Gasteiger partial charge in [0.15, 0.2) is 10.8 Å². The van der Waals surface area contributed by atoms with Crippen LogP contribution in [0.25, 0.3) is 0 Å². The van der Waals surface area contributed by atoms with Crippen LogP contribution >= 0.6 is 23.1 Å². The first-order chi connectivity index (χ1) is 16.4. The third-order valence-electron chi connectivity index (χ3n) is 4.90. The number of oxime groups is 1. The van der Waals surface area contributed by atoms with Crippen molar-refractivity contribution in [1.29, 1.82) is 0 Å². The molecule has 3 heterocycles. The van der Waals surface area contributed by atoms with Crippen molar-refractivity contribution >= 4 is 57.7 Å². The molecule has 12 nitrogen and oxygen atoms in total. The van der Waals surface area contributed by atoms with Crippen LogP contribution in [-0.4, -0.2) is 70.4 Å². The maximum atomic E-state index is 12.8. The topological polar surface area (TPSA) is 163 Å². The van der Waals surface area contributed by atoms with Crippen LogP contribution in [-0.2, 0) is 33.5 Å². The normalized spacial score (nSPS) is 19.5. The van der Waals surface area contributed by atoms with E-state index < -0.39 is 42.0 Å². The van der Waals surface area contributed by atoms with E-state index in [0.29, 0.717) is 12.2 Å². The van der Waals surface area contributed by atoms with Crippen LogP contribution in [0.15, 0.2) is 22.3 Å². The standard InChI is InChI=1S/C20H25N5O7S2/c1-3-4-5-6-13(26)31-10-32-19(29)12-7-8-33-18-15(17(28)25(12)18)23-16(27)14(24-30-2)11-9-34-20(21)22-11/h7,9,15,18H,3-6,8,10H2,1-2H3,(H2,21,22)(H,23,27)/b24-14+. The Hall–Kier alpha value is -3.13. The van der Waals surface area contributed by atoms with Gasteiger partial charge in [-0.25, -0.2) is 9.78 Å². The molecule has 1 aromatic heterocycles. The van der Waals surface area contributed by atoms with Gasteiger partial charge in [-0.1, -0.05) is 24.9 Å². The van der Waals surface area contributed by atoms with Gasteiger partial charge in [0.2, 0.25) is 6.79 Å². The summed E-state index contributed by atoms with van der Waals surface area (Å²) in [4.78, 5) is 59.6. The van der Waals surface area contributed by atoms with Crippen LogP contribution in [0.2, 0.25) is 0 Å². The van der Waals surface area contributed by atoms with Gasteiger partial charge in [-0.2, -0.15) is 0 Å². The zero-order valence-electron chi connectivity index (χ0n) is 18.6. The minimum atomic E-state index is -0.886. The van der Waals surface area contributed by atoms with Crippen molar-refractivity contribution in [2.75, 3.05) is 25.4 Å². The molecule has 0 radical (unpaired) electrons. The van der Waals surface area contributed by atoms with E-state index in [4.69, 9.17) is 20.0 Å². The van der Waals surface area contributed by atoms with Crippen molar-refractivity contribution in [2.24, 2.45) is 5.16 Å². The van der Waals surface area contributed by atoms with Crippen molar-refractivity contribution in [3.63, 3.8) is 0 Å². The average molecular weight is 512 g/mol. The second-order valence-electron chi connectivity index (χ2n) is 7.19. The molecule has 2 atom stereocenters. The van der Waals surface area contributed by atoms with Crippen molar-refractivity contribution in [3.05, 3.63) is 22.8 Å². The number of hydrogen-bond donors (Lipinski definition) is 2. The molecule has 2 unspecified atom stereocenters. The van der Waals surface area contributed by atoms with Crippen LogP contribution in [0, 0.1) is 0 Å². The molecule has 3 N–H and O–H groups in total. The molecule has 34 heavy (non-hydrogen) atoms. The van der Waals surface area contributed by atoms with Gasteiger partial charge in [0, 0.05) is 17.6 Å². The lowest BCUT2D eigenvalue weighted by molar-refractivity contribution is -0.168. The summed E-state index contributed by atoms with van der Waals surface area (Å²) in [5.41, 5.74) is 5.75. The number of nitrogens with one attached hydrogen (secondary N) is 1. The molecule has 0 bridgehead atoms. The number of β-lactam (4-membered cyclic amide) rings is 1. The highest BCUT2D eigenvalue weighted by molar-refractivity contribution is 8.00. The van der Waals surface area contributed by atoms with Crippen LogP contribution < -0.4 is 11.1 Å². The number of thiazole rings is 1. The number of hydrogen-bond acceptors (Lipinski definition) is 12. The molecule has 3 rings (SSSR count). The molecule has 0 aliphatic carbocycles. The molecule has 0 spiro atoms. The van der Waals surface area contributed by atoms with E-state index in [-0.39, 0.29) is 28.7 Å². The molecule has 1 aromatic rings. The first-order valence-electron chi connectivity index (χ1n) is 10.5. The molecule has 2 aliphatic heterocycles. The Kier molecular flexibility index (Phi) is 8.87. The number of fused-ring (bicyclic) bond motifs is 1. The molecule has 2 aliphatic rings. The number of aromatic nitrogens is 1. The lowest BCUT2D eigenvalue weighted by Crippen LogP contribution is -2.70. The average Bonchev–Trinajstić information content (AvgIpc) is 3.25. The Morgan fingerprint density at radius 1 is 1.32 bits per heavy atom. The summed E-state index contributed by atoms with van der Waals surface area (Å²) in [6.45, 7) is 1.49. The van der Waals surface area contributed by atoms with Gasteiger partial charge in [0.05, 0.1) is 0 Å². The Balaban J connectivity index is 1.55. The Labute approximate surface area is 203 Å². The Morgan fingerprint density at radius 2 is 2.12 bits per heavy atom. The number of nitrogens with two attached hydrogens (primary N) is 1. The summed E-state index contributed by atoms with van der Waals surface area (Å²) in [7, 11) is 1.28. The monoisotopic (exact) mass is 511 g/mol. The predicted molar refractivity (Wildman–Crippen MR) is 124 cm³/mol. The van der Waals surface area contributed by atoms with Crippen molar-refractivity contribution < 1.29 is 33.5 Å². The summed E-state index contributed by atoms with van der Waals surface area (Å²) < 4.78 is 9.92. The maximum Gasteiger partial charge on any atom is 0.357 e. The number of ether oxygens (including phenoxy) is 2. The van der Waals surface area contributed by atoms with Crippen LogP contribution in [0.1, 0.15) is 38.3 Å². The van der Waals surface area contributed by atoms with E-state index in [1.54, 1.807) is 11.5 Å². The maximum absolute atomic E-state index is 12.8. The molecular weight excluding hydrogens is 486 g/mol. The van der Waals surface area contributed by atoms with E-state index >= 15 is 0 Å². The SMILES string of the molecule is CCCCCC(=O)OCOC(=O)C1=CCSC2C(NC(=O)/C(=N/OC)c3csc(N)n3)C(=O)N12. The smallest absolute Gasteiger partial charge is 0.357 e. The molecule has 0 saturated carbocycles. The van der Waals surface area contributed by atoms with Gasteiger partial charge in [-0.3, -0.25) is 19.3 Å². The number of esters is 2. The third-order valence-corrected chi connectivity index (χ3v) is 6.76. The summed E-state index contributed by atoms with van der Waals surface area (Å²) >= 11 is 2.50. The number of rotatable bonds is 11. The Morgan fingerprint density at radius 3 is 2.79 bits per heavy atom. The fourth-order valence-electron chi connectivity index (χ4n) is 3.25. The second-order valence-corrected chi connectivity index (χ2v) is 9.23. The quantitative estimate of drug-likeness (QED) is 0.109. The summed E-state index contributed by atoms with van der Waals surface area (Å²) in [5, 5.41) is 7.60. The predicted octanol–water partition coefficient (Wildman–Crippen LogP) is 0.984. The lowest BCUT2D eigenvalue weighted by Gasteiger charge is -2.48. The second kappa shape index (κ2) is 11.8. The summed E-state index contributed by atoms with van der Waals surface area (Å²) in [5.74, 6) is -1.97. The number of carbonyl (C=O) groups is 4. The van der Waals surface area contributed by atoms with Crippen molar-refractivity contribution in [2.45, 2.75) is 44.0 Å². The highest BCUT2D eigenvalue weighted by Crippen LogP contribution is 2.37. The fourth-order valence-corrected chi connectivity index (χ4v) is 4.99. The first kappa shape index (κ1) is 25.5. The van der Waals surface area contributed by atoms with Crippen LogP contribution in [0.5, 0.6) is 0 Å². The molecular formula is C20H25N5O7S2. The van der Waals surface area contributed by atoms with Gasteiger partial charge in [0.1, 0.15) is 29.9 Å². The number of unbranched alkanes of at least 4 members (excludes halogenated alkanes) is 2. The van der Waals surface area contributed by atoms with E-state index in [9.17, 15) is 19.2 Å². The lowest BCUT2D eigenvalue weighted by atomic mass is 10.0. The minimum absolute atomic E-state index is 0.0411. The molecule has 184 valence electrons. The van der Waals surface area contributed by atoms with E-state index in [1.165, 1.54) is 23.8 Å². The van der Waals surface area contributed by atoms with E-state index in [1.807, 2.05) is 6.92 Å². The highest BCUT2D eigenvalue weighted by Gasteiger charge is 2.53. The molecule has 14 heteroatoms. The number of thioether (sulfide) groups is 1. The fraction of sp³-hybridized carbons (Fsp3) is 0.500. The number of carbonyl (C=O) groups excluding carboxylic acids is 4. The third kappa shape index (κ3) is 5.86. The van der Waals surface area contributed by atoms with Gasteiger partial charge in [-0.05, 0) is 12.5 Å². The van der Waals surface area contributed by atoms with Crippen LogP contribution in [0.3, 0.4) is 0 Å². The van der Waals surface area contributed by atoms with E-state index in [2.05, 4.69) is 15.5 Å². The zero-order valence-corrected chi connectivity index (χ0v) is 20.3. The first-order valence-corrected chi connectivity index (χ1v) is 12.4. The van der Waals surface area contributed by atoms with Crippen molar-refractivity contribution in [3.8, 4) is 0 Å². The van der Waals surface area contributed by atoms with E-state index in [0.717, 1.165) is 24.2 Å². The number of amides is 2. The zero-order chi connectivity index (χ0) is 24.7. The van der Waals surface area contributed by atoms with Crippen molar-refractivity contribution in [1.82, 2.24) is 15.2 Å². The van der Waals surface area contributed by atoms with Gasteiger partial charge in [-0.15, -0.1) is 23.1 Å². The van der Waals surface area contributed by atoms with Gasteiger partial charge < -0.3 is 25.4 Å². The Bertz CT molecular complexity index is 1010.